The summed E-state index contributed by atoms with van der Waals surface area (Å²) in [6.07, 6.45) is 2.66. The van der Waals surface area contributed by atoms with Gasteiger partial charge in [-0.3, -0.25) is 0 Å². The Bertz CT molecular complexity index is 572. The van der Waals surface area contributed by atoms with Gasteiger partial charge in [-0.15, -0.1) is 0 Å². The molecular formula is C13H11ClN2O3. The summed E-state index contributed by atoms with van der Waals surface area (Å²) < 4.78 is 10.4. The number of carbonyl (C=O) groups excluding carboxylic acids is 1. The Morgan fingerprint density at radius 3 is 2.74 bits per heavy atom. The molecule has 0 N–H and O–H groups in total. The minimum Gasteiger partial charge on any atom is -0.462 e. The van der Waals surface area contributed by atoms with Crippen LogP contribution in [0.15, 0.2) is 36.8 Å². The number of halogens is 1. The van der Waals surface area contributed by atoms with E-state index in [1.807, 2.05) is 0 Å². The second-order valence-corrected chi connectivity index (χ2v) is 3.95. The highest BCUT2D eigenvalue weighted by Crippen LogP contribution is 2.24. The number of hydrogen-bond acceptors (Lipinski definition) is 5. The predicted octanol–water partition coefficient (Wildman–Crippen LogP) is 3.10. The number of carbonyl (C=O) groups is 1. The van der Waals surface area contributed by atoms with Crippen molar-refractivity contribution < 1.29 is 14.3 Å². The molecule has 0 fully saturated rings. The van der Waals surface area contributed by atoms with Gasteiger partial charge in [0, 0.05) is 11.2 Å². The lowest BCUT2D eigenvalue weighted by Crippen LogP contribution is -2.08. The third kappa shape index (κ3) is 3.42. The summed E-state index contributed by atoms with van der Waals surface area (Å²) in [5.74, 6) is 0.150. The highest BCUT2D eigenvalue weighted by Gasteiger charge is 2.15. The van der Waals surface area contributed by atoms with Crippen molar-refractivity contribution in [3.8, 4) is 11.6 Å². The molecule has 0 atom stereocenters. The summed E-state index contributed by atoms with van der Waals surface area (Å²) in [6.45, 7) is 2.00. The Morgan fingerprint density at radius 2 is 2.05 bits per heavy atom. The van der Waals surface area contributed by atoms with Gasteiger partial charge < -0.3 is 9.47 Å². The van der Waals surface area contributed by atoms with E-state index < -0.39 is 5.97 Å². The SMILES string of the molecule is CCOC(=O)c1cncnc1Oc1ccc(Cl)cc1. The molecule has 1 aromatic heterocycles. The van der Waals surface area contributed by atoms with Crippen molar-refractivity contribution in [2.75, 3.05) is 6.61 Å². The highest BCUT2D eigenvalue weighted by atomic mass is 35.5. The van der Waals surface area contributed by atoms with Gasteiger partial charge in [0.2, 0.25) is 5.88 Å². The van der Waals surface area contributed by atoms with Crippen LogP contribution in [0.3, 0.4) is 0 Å². The molecule has 0 unspecified atom stereocenters. The molecule has 0 radical (unpaired) electrons. The van der Waals surface area contributed by atoms with E-state index in [-0.39, 0.29) is 18.1 Å². The average Bonchev–Trinajstić information content (AvgIpc) is 2.42. The minimum absolute atomic E-state index is 0.149. The lowest BCUT2D eigenvalue weighted by Gasteiger charge is -2.08. The van der Waals surface area contributed by atoms with Gasteiger partial charge in [0.05, 0.1) is 6.61 Å². The van der Waals surface area contributed by atoms with E-state index in [0.717, 1.165) is 0 Å². The first-order chi connectivity index (χ1) is 9.20. The molecular weight excluding hydrogens is 268 g/mol. The Morgan fingerprint density at radius 1 is 1.32 bits per heavy atom. The number of hydrogen-bond donors (Lipinski definition) is 0. The molecule has 0 amide bonds. The van der Waals surface area contributed by atoms with Crippen molar-refractivity contribution in [1.82, 2.24) is 9.97 Å². The van der Waals surface area contributed by atoms with Crippen molar-refractivity contribution in [3.05, 3.63) is 47.4 Å². The van der Waals surface area contributed by atoms with Crippen LogP contribution in [0.5, 0.6) is 11.6 Å². The Hall–Kier alpha value is -2.14. The molecule has 0 aliphatic heterocycles. The van der Waals surface area contributed by atoms with Crippen LogP contribution in [0.25, 0.3) is 0 Å². The molecule has 2 aromatic rings. The Balaban J connectivity index is 2.24. The predicted molar refractivity (Wildman–Crippen MR) is 69.5 cm³/mol. The second-order valence-electron chi connectivity index (χ2n) is 3.52. The molecule has 1 aromatic carbocycles. The maximum atomic E-state index is 11.7. The Kier molecular flexibility index (Phi) is 4.30. The van der Waals surface area contributed by atoms with Crippen molar-refractivity contribution in [2.24, 2.45) is 0 Å². The molecule has 0 saturated carbocycles. The van der Waals surface area contributed by atoms with Gasteiger partial charge in [0.15, 0.2) is 0 Å². The molecule has 0 bridgehead atoms. The highest BCUT2D eigenvalue weighted by molar-refractivity contribution is 6.30. The van der Waals surface area contributed by atoms with E-state index in [1.165, 1.54) is 12.5 Å². The summed E-state index contributed by atoms with van der Waals surface area (Å²) in [5.41, 5.74) is 0.180. The maximum absolute atomic E-state index is 11.7. The zero-order valence-corrected chi connectivity index (χ0v) is 10.9. The smallest absolute Gasteiger partial charge is 0.345 e. The third-order valence-corrected chi connectivity index (χ3v) is 2.45. The Labute approximate surface area is 115 Å². The molecule has 98 valence electrons. The zero-order valence-electron chi connectivity index (χ0n) is 10.2. The van der Waals surface area contributed by atoms with E-state index in [0.29, 0.717) is 10.8 Å². The van der Waals surface area contributed by atoms with Gasteiger partial charge in [-0.2, -0.15) is 0 Å². The summed E-state index contributed by atoms with van der Waals surface area (Å²) in [7, 11) is 0. The molecule has 0 spiro atoms. The number of rotatable bonds is 4. The molecule has 1 heterocycles. The van der Waals surface area contributed by atoms with Gasteiger partial charge in [0.25, 0.3) is 0 Å². The van der Waals surface area contributed by atoms with Crippen LogP contribution < -0.4 is 4.74 Å². The van der Waals surface area contributed by atoms with E-state index in [9.17, 15) is 4.79 Å². The fourth-order valence-electron chi connectivity index (χ4n) is 1.36. The molecule has 2 rings (SSSR count). The first-order valence-corrected chi connectivity index (χ1v) is 5.99. The van der Waals surface area contributed by atoms with Crippen molar-refractivity contribution in [3.63, 3.8) is 0 Å². The molecule has 0 aliphatic rings. The van der Waals surface area contributed by atoms with Crippen molar-refractivity contribution >= 4 is 17.6 Å². The van der Waals surface area contributed by atoms with Gasteiger partial charge in [-0.05, 0) is 31.2 Å². The monoisotopic (exact) mass is 278 g/mol. The van der Waals surface area contributed by atoms with E-state index >= 15 is 0 Å². The summed E-state index contributed by atoms with van der Waals surface area (Å²) in [5, 5.41) is 0.598. The van der Waals surface area contributed by atoms with Gasteiger partial charge in [-0.1, -0.05) is 11.6 Å². The lowest BCUT2D eigenvalue weighted by molar-refractivity contribution is 0.0522. The minimum atomic E-state index is -0.521. The first-order valence-electron chi connectivity index (χ1n) is 5.61. The van der Waals surface area contributed by atoms with E-state index in [1.54, 1.807) is 31.2 Å². The van der Waals surface area contributed by atoms with Crippen molar-refractivity contribution in [1.29, 1.82) is 0 Å². The average molecular weight is 279 g/mol. The van der Waals surface area contributed by atoms with Gasteiger partial charge in [-0.25, -0.2) is 14.8 Å². The first kappa shape index (κ1) is 13.3. The van der Waals surface area contributed by atoms with Crippen molar-refractivity contribution in [2.45, 2.75) is 6.92 Å². The van der Waals surface area contributed by atoms with Gasteiger partial charge >= 0.3 is 5.97 Å². The fourth-order valence-corrected chi connectivity index (χ4v) is 1.49. The summed E-state index contributed by atoms with van der Waals surface area (Å²) in [6, 6.07) is 6.73. The van der Waals surface area contributed by atoms with Crippen LogP contribution in [-0.2, 0) is 4.74 Å². The summed E-state index contributed by atoms with van der Waals surface area (Å²) >= 11 is 5.78. The van der Waals surface area contributed by atoms with Crippen LogP contribution in [0.4, 0.5) is 0 Å². The molecule has 19 heavy (non-hydrogen) atoms. The van der Waals surface area contributed by atoms with Crippen LogP contribution >= 0.6 is 11.6 Å². The van der Waals surface area contributed by atoms with Crippen LogP contribution in [0, 0.1) is 0 Å². The van der Waals surface area contributed by atoms with Crippen LogP contribution in [0.1, 0.15) is 17.3 Å². The topological polar surface area (TPSA) is 61.3 Å². The quantitative estimate of drug-likeness (QED) is 0.804. The molecule has 0 saturated heterocycles. The molecule has 0 aliphatic carbocycles. The van der Waals surface area contributed by atoms with E-state index in [4.69, 9.17) is 21.1 Å². The standard InChI is InChI=1S/C13H11ClN2O3/c1-2-18-13(17)11-7-15-8-16-12(11)19-10-5-3-9(14)4-6-10/h3-8H,2H2,1H3. The number of aromatic nitrogens is 2. The maximum Gasteiger partial charge on any atom is 0.345 e. The van der Waals surface area contributed by atoms with E-state index in [2.05, 4.69) is 9.97 Å². The summed E-state index contributed by atoms with van der Waals surface area (Å²) in [4.78, 5) is 19.4. The normalized spacial score (nSPS) is 10.0. The van der Waals surface area contributed by atoms with Gasteiger partial charge in [0.1, 0.15) is 17.6 Å². The van der Waals surface area contributed by atoms with Crippen LogP contribution in [-0.4, -0.2) is 22.5 Å². The number of ether oxygens (including phenoxy) is 2. The van der Waals surface area contributed by atoms with Crippen LogP contribution in [0.2, 0.25) is 5.02 Å². The number of nitrogens with zero attached hydrogens (tertiary/aromatic N) is 2. The number of benzene rings is 1. The molecule has 6 heteroatoms. The lowest BCUT2D eigenvalue weighted by atomic mass is 10.3. The number of esters is 1. The fraction of sp³-hybridized carbons (Fsp3) is 0.154. The third-order valence-electron chi connectivity index (χ3n) is 2.20. The molecule has 5 nitrogen and oxygen atoms in total. The largest absolute Gasteiger partial charge is 0.462 e. The zero-order chi connectivity index (χ0) is 13.7. The second kappa shape index (κ2) is 6.15.